The summed E-state index contributed by atoms with van der Waals surface area (Å²) in [6.45, 7) is 4.92. The van der Waals surface area contributed by atoms with Gasteiger partial charge in [-0.3, -0.25) is 5.10 Å². The van der Waals surface area contributed by atoms with E-state index in [1.807, 2.05) is 0 Å². The van der Waals surface area contributed by atoms with Crippen molar-refractivity contribution >= 4 is 5.82 Å². The zero-order valence-electron chi connectivity index (χ0n) is 11.0. The van der Waals surface area contributed by atoms with Crippen molar-refractivity contribution < 1.29 is 9.26 Å². The van der Waals surface area contributed by atoms with E-state index in [4.69, 9.17) is 15.0 Å². The van der Waals surface area contributed by atoms with Gasteiger partial charge in [0.05, 0.1) is 17.1 Å². The number of nitrogen functional groups attached to an aromatic ring is 1. The standard InChI is InChI=1S/C13H16N4O2/c1-3-7-8-10(16-15-7)11-9(12(14)17-19-11)13(8)4-5-18-6(13)2/h6H,3-5H2,1-2H3,(H2,14,17)(H,15,16). The molecule has 0 bridgehead atoms. The summed E-state index contributed by atoms with van der Waals surface area (Å²) in [5.41, 5.74) is 9.96. The van der Waals surface area contributed by atoms with Crippen molar-refractivity contribution in [1.29, 1.82) is 0 Å². The molecule has 2 aromatic rings. The van der Waals surface area contributed by atoms with Crippen LogP contribution in [0.15, 0.2) is 4.52 Å². The molecule has 0 aromatic carbocycles. The lowest BCUT2D eigenvalue weighted by molar-refractivity contribution is 0.104. The van der Waals surface area contributed by atoms with Gasteiger partial charge in [-0.15, -0.1) is 0 Å². The Labute approximate surface area is 110 Å². The molecule has 3 heterocycles. The highest BCUT2D eigenvalue weighted by atomic mass is 16.5. The number of anilines is 1. The Morgan fingerprint density at radius 3 is 3.00 bits per heavy atom. The van der Waals surface area contributed by atoms with E-state index in [-0.39, 0.29) is 11.5 Å². The number of aromatic nitrogens is 3. The van der Waals surface area contributed by atoms with Crippen molar-refractivity contribution in [3.63, 3.8) is 0 Å². The summed E-state index contributed by atoms with van der Waals surface area (Å²) in [6.07, 6.45) is 1.85. The molecule has 0 amide bonds. The van der Waals surface area contributed by atoms with Crippen LogP contribution >= 0.6 is 0 Å². The van der Waals surface area contributed by atoms with Crippen molar-refractivity contribution in [2.75, 3.05) is 12.3 Å². The summed E-state index contributed by atoms with van der Waals surface area (Å²) in [7, 11) is 0. The Bertz CT molecular complexity index is 660. The fourth-order valence-electron chi connectivity index (χ4n) is 3.70. The average molecular weight is 260 g/mol. The molecule has 19 heavy (non-hydrogen) atoms. The third kappa shape index (κ3) is 1.07. The second kappa shape index (κ2) is 3.39. The topological polar surface area (TPSA) is 90.0 Å². The zero-order chi connectivity index (χ0) is 13.2. The lowest BCUT2D eigenvalue weighted by Crippen LogP contribution is -2.34. The van der Waals surface area contributed by atoms with Gasteiger partial charge in [0.25, 0.3) is 0 Å². The van der Waals surface area contributed by atoms with Gasteiger partial charge in [0, 0.05) is 17.9 Å². The Morgan fingerprint density at radius 1 is 1.47 bits per heavy atom. The number of rotatable bonds is 1. The number of nitrogens with two attached hydrogens (primary N) is 1. The number of nitrogens with zero attached hydrogens (tertiary/aromatic N) is 2. The molecular formula is C13H16N4O2. The van der Waals surface area contributed by atoms with E-state index in [0.29, 0.717) is 11.6 Å². The van der Waals surface area contributed by atoms with Gasteiger partial charge in [-0.25, -0.2) is 0 Å². The monoisotopic (exact) mass is 260 g/mol. The van der Waals surface area contributed by atoms with Gasteiger partial charge in [0.2, 0.25) is 0 Å². The van der Waals surface area contributed by atoms with Gasteiger partial charge in [-0.05, 0) is 19.8 Å². The summed E-state index contributed by atoms with van der Waals surface area (Å²) in [6, 6.07) is 0. The number of hydrogen-bond acceptors (Lipinski definition) is 5. The van der Waals surface area contributed by atoms with Gasteiger partial charge >= 0.3 is 0 Å². The van der Waals surface area contributed by atoms with Crippen molar-refractivity contribution in [2.45, 2.75) is 38.2 Å². The SMILES string of the molecule is CCc1[nH]nc2c1C1(CCOC1C)c1c(N)noc1-2. The van der Waals surface area contributed by atoms with Gasteiger partial charge < -0.3 is 15.0 Å². The molecule has 6 nitrogen and oxygen atoms in total. The molecule has 2 aliphatic rings. The van der Waals surface area contributed by atoms with Gasteiger partial charge in [-0.2, -0.15) is 5.10 Å². The third-order valence-corrected chi connectivity index (χ3v) is 4.58. The molecule has 1 fully saturated rings. The van der Waals surface area contributed by atoms with Crippen LogP contribution in [0, 0.1) is 0 Å². The molecule has 1 saturated heterocycles. The van der Waals surface area contributed by atoms with Crippen molar-refractivity contribution in [3.05, 3.63) is 16.8 Å². The molecule has 2 aromatic heterocycles. The summed E-state index contributed by atoms with van der Waals surface area (Å²) >= 11 is 0. The van der Waals surface area contributed by atoms with E-state index in [1.54, 1.807) is 0 Å². The number of fused-ring (bicyclic) bond motifs is 5. The predicted molar refractivity (Wildman–Crippen MR) is 68.7 cm³/mol. The van der Waals surface area contributed by atoms with E-state index in [2.05, 4.69) is 29.2 Å². The Kier molecular flexibility index (Phi) is 1.97. The normalized spacial score (nSPS) is 28.0. The highest BCUT2D eigenvalue weighted by Gasteiger charge is 2.56. The second-order valence-corrected chi connectivity index (χ2v) is 5.29. The number of aromatic amines is 1. The lowest BCUT2D eigenvalue weighted by Gasteiger charge is -2.28. The molecule has 2 unspecified atom stereocenters. The van der Waals surface area contributed by atoms with Crippen LogP contribution in [0.2, 0.25) is 0 Å². The van der Waals surface area contributed by atoms with Crippen LogP contribution in [0.1, 0.15) is 37.1 Å². The Balaban J connectivity index is 2.09. The molecule has 3 N–H and O–H groups in total. The molecule has 100 valence electrons. The molecular weight excluding hydrogens is 244 g/mol. The van der Waals surface area contributed by atoms with Crippen LogP contribution in [-0.2, 0) is 16.6 Å². The van der Waals surface area contributed by atoms with Crippen LogP contribution in [0.4, 0.5) is 5.82 Å². The lowest BCUT2D eigenvalue weighted by atomic mass is 9.73. The van der Waals surface area contributed by atoms with Crippen LogP contribution in [-0.4, -0.2) is 28.1 Å². The first kappa shape index (κ1) is 11.0. The van der Waals surface area contributed by atoms with Crippen LogP contribution < -0.4 is 5.73 Å². The van der Waals surface area contributed by atoms with E-state index >= 15 is 0 Å². The van der Waals surface area contributed by atoms with E-state index in [9.17, 15) is 0 Å². The molecule has 1 aliphatic heterocycles. The number of hydrogen-bond donors (Lipinski definition) is 2. The summed E-state index contributed by atoms with van der Waals surface area (Å²) in [5.74, 6) is 1.17. The maximum Gasteiger partial charge on any atom is 0.193 e. The minimum atomic E-state index is -0.243. The Morgan fingerprint density at radius 2 is 2.32 bits per heavy atom. The van der Waals surface area contributed by atoms with Gasteiger partial charge in [0.15, 0.2) is 11.6 Å². The number of ether oxygens (including phenoxy) is 1. The quantitative estimate of drug-likeness (QED) is 0.813. The highest BCUT2D eigenvalue weighted by molar-refractivity contribution is 5.80. The number of aryl methyl sites for hydroxylation is 1. The maximum atomic E-state index is 6.04. The highest BCUT2D eigenvalue weighted by Crippen LogP contribution is 2.57. The van der Waals surface area contributed by atoms with Crippen molar-refractivity contribution in [1.82, 2.24) is 15.4 Å². The Hall–Kier alpha value is -1.82. The summed E-state index contributed by atoms with van der Waals surface area (Å²) < 4.78 is 11.2. The van der Waals surface area contributed by atoms with E-state index < -0.39 is 0 Å². The van der Waals surface area contributed by atoms with Crippen LogP contribution in [0.5, 0.6) is 0 Å². The largest absolute Gasteiger partial charge is 0.381 e. The first-order chi connectivity index (χ1) is 9.20. The first-order valence-corrected chi connectivity index (χ1v) is 6.65. The smallest absolute Gasteiger partial charge is 0.193 e. The summed E-state index contributed by atoms with van der Waals surface area (Å²) in [4.78, 5) is 0. The van der Waals surface area contributed by atoms with E-state index in [0.717, 1.165) is 36.4 Å². The first-order valence-electron chi connectivity index (χ1n) is 6.65. The molecule has 4 rings (SSSR count). The fraction of sp³-hybridized carbons (Fsp3) is 0.538. The molecule has 1 aliphatic carbocycles. The zero-order valence-corrected chi connectivity index (χ0v) is 11.0. The van der Waals surface area contributed by atoms with Gasteiger partial charge in [-0.1, -0.05) is 12.1 Å². The third-order valence-electron chi connectivity index (χ3n) is 4.58. The number of nitrogens with one attached hydrogen (secondary N) is 1. The molecule has 0 saturated carbocycles. The molecule has 1 spiro atoms. The van der Waals surface area contributed by atoms with Crippen molar-refractivity contribution in [2.24, 2.45) is 0 Å². The van der Waals surface area contributed by atoms with Gasteiger partial charge in [0.1, 0.15) is 5.69 Å². The van der Waals surface area contributed by atoms with Crippen LogP contribution in [0.3, 0.4) is 0 Å². The average Bonchev–Trinajstić information content (AvgIpc) is 3.09. The second-order valence-electron chi connectivity index (χ2n) is 5.29. The molecule has 0 radical (unpaired) electrons. The maximum absolute atomic E-state index is 6.04. The van der Waals surface area contributed by atoms with Crippen molar-refractivity contribution in [3.8, 4) is 11.5 Å². The van der Waals surface area contributed by atoms with E-state index in [1.165, 1.54) is 5.56 Å². The molecule has 6 heteroatoms. The minimum Gasteiger partial charge on any atom is -0.381 e. The minimum absolute atomic E-state index is 0.0529. The number of H-pyrrole nitrogens is 1. The predicted octanol–water partition coefficient (Wildman–Crippen LogP) is 1.62. The van der Waals surface area contributed by atoms with Crippen LogP contribution in [0.25, 0.3) is 11.5 Å². The molecule has 2 atom stereocenters. The fourth-order valence-corrected chi connectivity index (χ4v) is 3.70. The summed E-state index contributed by atoms with van der Waals surface area (Å²) in [5, 5.41) is 11.4.